The second-order valence-corrected chi connectivity index (χ2v) is 8.52. The molecule has 1 aromatic heterocycles. The van der Waals surface area contributed by atoms with Gasteiger partial charge >= 0.3 is 0 Å². The summed E-state index contributed by atoms with van der Waals surface area (Å²) in [6.45, 7) is 5.67. The Hall–Kier alpha value is -3.26. The SMILES string of the molecule is COc1ccc(N2CCN(c3ncc4c(n3)CCN(Cc3ccc(F)c(F)c3)C4)CC2)cc1. The molecule has 0 amide bonds. The van der Waals surface area contributed by atoms with E-state index in [2.05, 4.69) is 31.8 Å². The fourth-order valence-electron chi connectivity index (χ4n) is 4.51. The van der Waals surface area contributed by atoms with Crippen LogP contribution in [0.15, 0.2) is 48.7 Å². The van der Waals surface area contributed by atoms with E-state index in [0.717, 1.165) is 67.7 Å². The second-order valence-electron chi connectivity index (χ2n) is 8.52. The number of halogens is 2. The van der Waals surface area contributed by atoms with E-state index in [9.17, 15) is 8.78 Å². The van der Waals surface area contributed by atoms with Crippen LogP contribution in [0.25, 0.3) is 0 Å². The Kier molecular flexibility index (Phi) is 6.09. The van der Waals surface area contributed by atoms with Gasteiger partial charge in [0.15, 0.2) is 11.6 Å². The molecule has 0 radical (unpaired) electrons. The Bertz CT molecular complexity index is 1120. The minimum Gasteiger partial charge on any atom is -0.497 e. The van der Waals surface area contributed by atoms with Crippen molar-refractivity contribution in [3.05, 3.63) is 77.1 Å². The first kappa shape index (κ1) is 21.6. The quantitative estimate of drug-likeness (QED) is 0.590. The zero-order chi connectivity index (χ0) is 22.8. The van der Waals surface area contributed by atoms with Gasteiger partial charge < -0.3 is 14.5 Å². The highest BCUT2D eigenvalue weighted by Gasteiger charge is 2.23. The van der Waals surface area contributed by atoms with Crippen molar-refractivity contribution >= 4 is 11.6 Å². The number of hydrogen-bond donors (Lipinski definition) is 0. The summed E-state index contributed by atoms with van der Waals surface area (Å²) in [6, 6.07) is 12.3. The first-order valence-corrected chi connectivity index (χ1v) is 11.2. The molecule has 2 aliphatic rings. The summed E-state index contributed by atoms with van der Waals surface area (Å²) >= 11 is 0. The normalized spacial score (nSPS) is 16.6. The summed E-state index contributed by atoms with van der Waals surface area (Å²) in [7, 11) is 1.68. The first-order chi connectivity index (χ1) is 16.1. The Morgan fingerprint density at radius 3 is 2.39 bits per heavy atom. The summed E-state index contributed by atoms with van der Waals surface area (Å²) in [4.78, 5) is 16.3. The number of rotatable bonds is 5. The van der Waals surface area contributed by atoms with Crippen LogP contribution in [-0.2, 0) is 19.5 Å². The molecular formula is C25H27F2N5O. The van der Waals surface area contributed by atoms with Crippen LogP contribution in [-0.4, -0.2) is 54.7 Å². The fraction of sp³-hybridized carbons (Fsp3) is 0.360. The van der Waals surface area contributed by atoms with Crippen LogP contribution in [0.1, 0.15) is 16.8 Å². The second kappa shape index (κ2) is 9.31. The number of ether oxygens (including phenoxy) is 1. The molecule has 6 nitrogen and oxygen atoms in total. The molecule has 0 saturated carbocycles. The van der Waals surface area contributed by atoms with Crippen LogP contribution in [0, 0.1) is 11.6 Å². The van der Waals surface area contributed by atoms with Crippen molar-refractivity contribution < 1.29 is 13.5 Å². The molecule has 1 fully saturated rings. The topological polar surface area (TPSA) is 44.7 Å². The van der Waals surface area contributed by atoms with Gasteiger partial charge in [0, 0.05) is 69.7 Å². The standard InChI is InChI=1S/C25H27F2N5O/c1-33-21-5-3-20(4-6-21)31-10-12-32(13-11-31)25-28-15-19-17-30(9-8-24(19)29-25)16-18-2-7-22(26)23(27)14-18/h2-7,14-15H,8-13,16-17H2,1H3. The van der Waals surface area contributed by atoms with Gasteiger partial charge in [0.25, 0.3) is 0 Å². The van der Waals surface area contributed by atoms with Gasteiger partial charge in [-0.2, -0.15) is 0 Å². The molecule has 2 aromatic carbocycles. The molecular weight excluding hydrogens is 424 g/mol. The summed E-state index contributed by atoms with van der Waals surface area (Å²) in [5.41, 5.74) is 4.15. The number of fused-ring (bicyclic) bond motifs is 1. The number of benzene rings is 2. The first-order valence-electron chi connectivity index (χ1n) is 11.2. The van der Waals surface area contributed by atoms with Gasteiger partial charge in [-0.3, -0.25) is 4.90 Å². The lowest BCUT2D eigenvalue weighted by atomic mass is 10.1. The maximum atomic E-state index is 13.5. The van der Waals surface area contributed by atoms with Gasteiger partial charge in [0.1, 0.15) is 5.75 Å². The number of anilines is 2. The van der Waals surface area contributed by atoms with Crippen molar-refractivity contribution in [2.45, 2.75) is 19.5 Å². The molecule has 0 spiro atoms. The highest BCUT2D eigenvalue weighted by atomic mass is 19.2. The molecule has 0 bridgehead atoms. The monoisotopic (exact) mass is 451 g/mol. The number of methoxy groups -OCH3 is 1. The predicted octanol–water partition coefficient (Wildman–Crippen LogP) is 3.65. The zero-order valence-corrected chi connectivity index (χ0v) is 18.7. The molecule has 0 unspecified atom stereocenters. The maximum Gasteiger partial charge on any atom is 0.225 e. The number of nitrogens with zero attached hydrogens (tertiary/aromatic N) is 5. The van der Waals surface area contributed by atoms with Crippen molar-refractivity contribution in [1.29, 1.82) is 0 Å². The Morgan fingerprint density at radius 1 is 0.909 bits per heavy atom. The molecule has 2 aliphatic heterocycles. The Labute approximate surface area is 192 Å². The smallest absolute Gasteiger partial charge is 0.225 e. The lowest BCUT2D eigenvalue weighted by Crippen LogP contribution is -2.47. The molecule has 0 aliphatic carbocycles. The van der Waals surface area contributed by atoms with Gasteiger partial charge in [-0.1, -0.05) is 6.07 Å². The van der Waals surface area contributed by atoms with E-state index in [1.807, 2.05) is 18.3 Å². The molecule has 172 valence electrons. The lowest BCUT2D eigenvalue weighted by Gasteiger charge is -2.36. The van der Waals surface area contributed by atoms with E-state index < -0.39 is 11.6 Å². The third kappa shape index (κ3) is 4.75. The molecule has 1 saturated heterocycles. The summed E-state index contributed by atoms with van der Waals surface area (Å²) < 4.78 is 32.0. The van der Waals surface area contributed by atoms with Crippen LogP contribution in [0.2, 0.25) is 0 Å². The van der Waals surface area contributed by atoms with Crippen LogP contribution in [0.4, 0.5) is 20.4 Å². The van der Waals surface area contributed by atoms with Gasteiger partial charge in [-0.15, -0.1) is 0 Å². The predicted molar refractivity (Wildman–Crippen MR) is 124 cm³/mol. The van der Waals surface area contributed by atoms with Crippen molar-refractivity contribution in [2.75, 3.05) is 49.6 Å². The van der Waals surface area contributed by atoms with Gasteiger partial charge in [0.05, 0.1) is 12.8 Å². The molecule has 0 atom stereocenters. The lowest BCUT2D eigenvalue weighted by molar-refractivity contribution is 0.242. The maximum absolute atomic E-state index is 13.5. The van der Waals surface area contributed by atoms with E-state index in [4.69, 9.17) is 9.72 Å². The van der Waals surface area contributed by atoms with Crippen LogP contribution in [0.5, 0.6) is 5.75 Å². The zero-order valence-electron chi connectivity index (χ0n) is 18.7. The Balaban J connectivity index is 1.19. The molecule has 8 heteroatoms. The Morgan fingerprint density at radius 2 is 1.67 bits per heavy atom. The average molecular weight is 452 g/mol. The van der Waals surface area contributed by atoms with Crippen LogP contribution >= 0.6 is 0 Å². The van der Waals surface area contributed by atoms with E-state index in [-0.39, 0.29) is 0 Å². The summed E-state index contributed by atoms with van der Waals surface area (Å²) in [6.07, 6.45) is 2.74. The van der Waals surface area contributed by atoms with Crippen molar-refractivity contribution in [1.82, 2.24) is 14.9 Å². The van der Waals surface area contributed by atoms with E-state index in [1.54, 1.807) is 13.2 Å². The minimum atomic E-state index is -0.812. The van der Waals surface area contributed by atoms with E-state index in [1.165, 1.54) is 17.8 Å². The van der Waals surface area contributed by atoms with Crippen LogP contribution in [0.3, 0.4) is 0 Å². The van der Waals surface area contributed by atoms with Crippen molar-refractivity contribution in [3.63, 3.8) is 0 Å². The highest BCUT2D eigenvalue weighted by Crippen LogP contribution is 2.24. The third-order valence-electron chi connectivity index (χ3n) is 6.39. The van der Waals surface area contributed by atoms with E-state index >= 15 is 0 Å². The highest BCUT2D eigenvalue weighted by molar-refractivity contribution is 5.51. The number of piperazine rings is 1. The van der Waals surface area contributed by atoms with Gasteiger partial charge in [0.2, 0.25) is 5.95 Å². The van der Waals surface area contributed by atoms with E-state index in [0.29, 0.717) is 13.1 Å². The van der Waals surface area contributed by atoms with Crippen LogP contribution < -0.4 is 14.5 Å². The molecule has 3 heterocycles. The van der Waals surface area contributed by atoms with Crippen molar-refractivity contribution in [3.8, 4) is 5.75 Å². The van der Waals surface area contributed by atoms with Crippen molar-refractivity contribution in [2.24, 2.45) is 0 Å². The molecule has 5 rings (SSSR count). The molecule has 33 heavy (non-hydrogen) atoms. The van der Waals surface area contributed by atoms with Gasteiger partial charge in [-0.05, 0) is 42.0 Å². The van der Waals surface area contributed by atoms with Gasteiger partial charge in [-0.25, -0.2) is 18.7 Å². The minimum absolute atomic E-state index is 0.575. The molecule has 3 aromatic rings. The number of aromatic nitrogens is 2. The fourth-order valence-corrected chi connectivity index (χ4v) is 4.51. The summed E-state index contributed by atoms with van der Waals surface area (Å²) in [5, 5.41) is 0. The number of hydrogen-bond acceptors (Lipinski definition) is 6. The third-order valence-corrected chi connectivity index (χ3v) is 6.39. The summed E-state index contributed by atoms with van der Waals surface area (Å²) in [5.74, 6) is 0.0406. The average Bonchev–Trinajstić information content (AvgIpc) is 2.86. The largest absolute Gasteiger partial charge is 0.497 e. The molecule has 0 N–H and O–H groups in total.